The van der Waals surface area contributed by atoms with E-state index in [4.69, 9.17) is 22.2 Å². The van der Waals surface area contributed by atoms with Gasteiger partial charge in [0.1, 0.15) is 0 Å². The van der Waals surface area contributed by atoms with Crippen LogP contribution in [0.4, 0.5) is 0 Å². The van der Waals surface area contributed by atoms with Gasteiger partial charge in [-0.25, -0.2) is 0 Å². The molecule has 0 bridgehead atoms. The summed E-state index contributed by atoms with van der Waals surface area (Å²) in [6, 6.07) is 16.3. The second-order valence-electron chi connectivity index (χ2n) is 5.35. The molecule has 0 radical (unpaired) electrons. The van der Waals surface area contributed by atoms with Gasteiger partial charge in [0.05, 0.1) is 18.8 Å². The molecular weight excluding hydrogens is 284 g/mol. The number of nitrogens with two attached hydrogens (primary N) is 1. The van der Waals surface area contributed by atoms with Gasteiger partial charge in [0, 0.05) is 5.02 Å². The molecule has 2 aromatic rings. The van der Waals surface area contributed by atoms with Gasteiger partial charge in [-0.05, 0) is 41.7 Å². The lowest BCUT2D eigenvalue weighted by molar-refractivity contribution is 0.0154. The van der Waals surface area contributed by atoms with Gasteiger partial charge in [0.25, 0.3) is 0 Å². The third-order valence-corrected chi connectivity index (χ3v) is 4.19. The van der Waals surface area contributed by atoms with Gasteiger partial charge in [-0.15, -0.1) is 0 Å². The molecule has 0 amide bonds. The monoisotopic (exact) mass is 302 g/mol. The van der Waals surface area contributed by atoms with Crippen molar-refractivity contribution in [3.05, 3.63) is 70.2 Å². The van der Waals surface area contributed by atoms with Crippen LogP contribution in [0.25, 0.3) is 0 Å². The van der Waals surface area contributed by atoms with Gasteiger partial charge < -0.3 is 4.74 Å². The Morgan fingerprint density at radius 3 is 2.90 bits per heavy atom. The summed E-state index contributed by atoms with van der Waals surface area (Å²) in [5, 5.41) is 0.744. The maximum atomic E-state index is 6.06. The highest BCUT2D eigenvalue weighted by atomic mass is 35.5. The molecule has 2 aromatic carbocycles. The summed E-state index contributed by atoms with van der Waals surface area (Å²) in [6.07, 6.45) is 1.70. The number of hydrazine groups is 1. The van der Waals surface area contributed by atoms with Crippen LogP contribution in [0.1, 0.15) is 22.8 Å². The van der Waals surface area contributed by atoms with Crippen LogP contribution in [0.3, 0.4) is 0 Å². The fourth-order valence-electron chi connectivity index (χ4n) is 2.93. The minimum atomic E-state index is -0.0288. The highest BCUT2D eigenvalue weighted by molar-refractivity contribution is 6.30. The average molecular weight is 303 g/mol. The predicted molar refractivity (Wildman–Crippen MR) is 85.1 cm³/mol. The van der Waals surface area contributed by atoms with Gasteiger partial charge in [-0.1, -0.05) is 48.0 Å². The van der Waals surface area contributed by atoms with Crippen molar-refractivity contribution in [2.75, 3.05) is 6.61 Å². The number of benzene rings is 2. The van der Waals surface area contributed by atoms with E-state index >= 15 is 0 Å². The van der Waals surface area contributed by atoms with Gasteiger partial charge >= 0.3 is 0 Å². The van der Waals surface area contributed by atoms with Crippen molar-refractivity contribution in [2.24, 2.45) is 5.84 Å². The lowest BCUT2D eigenvalue weighted by atomic mass is 9.90. The molecule has 0 aromatic heterocycles. The quantitative estimate of drug-likeness (QED) is 0.674. The van der Waals surface area contributed by atoms with Crippen molar-refractivity contribution < 1.29 is 4.74 Å². The molecule has 4 heteroatoms. The summed E-state index contributed by atoms with van der Waals surface area (Å²) >= 11 is 6.06. The second kappa shape index (κ2) is 6.58. The normalized spacial score (nSPS) is 19.0. The standard InChI is InChI=1S/C17H19ClN2O/c18-14-6-3-4-12(10-14)11-16(20-19)17-15-7-2-1-5-13(15)8-9-21-17/h1-7,10,16-17,20H,8-9,11,19H2. The first-order valence-electron chi connectivity index (χ1n) is 7.18. The van der Waals surface area contributed by atoms with Crippen molar-refractivity contribution in [1.82, 2.24) is 5.43 Å². The third-order valence-electron chi connectivity index (χ3n) is 3.95. The van der Waals surface area contributed by atoms with Crippen LogP contribution < -0.4 is 11.3 Å². The number of halogens is 1. The van der Waals surface area contributed by atoms with E-state index in [2.05, 4.69) is 29.7 Å². The van der Waals surface area contributed by atoms with Crippen LogP contribution in [-0.4, -0.2) is 12.6 Å². The molecule has 0 saturated carbocycles. The number of rotatable bonds is 4. The fourth-order valence-corrected chi connectivity index (χ4v) is 3.14. The third kappa shape index (κ3) is 3.27. The van der Waals surface area contributed by atoms with Gasteiger partial charge in [0.15, 0.2) is 0 Å². The molecule has 21 heavy (non-hydrogen) atoms. The van der Waals surface area contributed by atoms with Crippen LogP contribution in [0.2, 0.25) is 5.02 Å². The van der Waals surface area contributed by atoms with Gasteiger partial charge in [-0.3, -0.25) is 11.3 Å². The van der Waals surface area contributed by atoms with E-state index in [0.29, 0.717) is 0 Å². The Morgan fingerprint density at radius 1 is 1.24 bits per heavy atom. The molecule has 2 atom stereocenters. The van der Waals surface area contributed by atoms with E-state index in [0.717, 1.165) is 30.0 Å². The van der Waals surface area contributed by atoms with Crippen LogP contribution in [-0.2, 0) is 17.6 Å². The van der Waals surface area contributed by atoms with Crippen molar-refractivity contribution in [3.63, 3.8) is 0 Å². The van der Waals surface area contributed by atoms with E-state index in [-0.39, 0.29) is 12.1 Å². The molecular formula is C17H19ClN2O. The van der Waals surface area contributed by atoms with Crippen LogP contribution in [0.15, 0.2) is 48.5 Å². The topological polar surface area (TPSA) is 47.3 Å². The molecule has 3 N–H and O–H groups in total. The Morgan fingerprint density at radius 2 is 2.10 bits per heavy atom. The summed E-state index contributed by atoms with van der Waals surface area (Å²) in [7, 11) is 0. The Balaban J connectivity index is 1.84. The zero-order chi connectivity index (χ0) is 14.7. The molecule has 3 nitrogen and oxygen atoms in total. The number of fused-ring (bicyclic) bond motifs is 1. The molecule has 0 saturated heterocycles. The summed E-state index contributed by atoms with van der Waals surface area (Å²) in [6.45, 7) is 0.732. The Hall–Kier alpha value is -1.39. The highest BCUT2D eigenvalue weighted by Crippen LogP contribution is 2.31. The zero-order valence-corrected chi connectivity index (χ0v) is 12.5. The largest absolute Gasteiger partial charge is 0.371 e. The Labute approximate surface area is 130 Å². The van der Waals surface area contributed by atoms with Crippen molar-refractivity contribution in [1.29, 1.82) is 0 Å². The van der Waals surface area contributed by atoms with Crippen molar-refractivity contribution in [3.8, 4) is 0 Å². The van der Waals surface area contributed by atoms with E-state index in [1.165, 1.54) is 11.1 Å². The van der Waals surface area contributed by atoms with E-state index in [1.54, 1.807) is 0 Å². The lowest BCUT2D eigenvalue weighted by Crippen LogP contribution is -2.43. The van der Waals surface area contributed by atoms with Gasteiger partial charge in [-0.2, -0.15) is 0 Å². The number of hydrogen-bond donors (Lipinski definition) is 2. The molecule has 0 fully saturated rings. The van der Waals surface area contributed by atoms with Crippen LogP contribution >= 0.6 is 11.6 Å². The fraction of sp³-hybridized carbons (Fsp3) is 0.294. The second-order valence-corrected chi connectivity index (χ2v) is 5.78. The van der Waals surface area contributed by atoms with E-state index in [1.807, 2.05) is 24.3 Å². The lowest BCUT2D eigenvalue weighted by Gasteiger charge is -2.32. The molecule has 110 valence electrons. The first kappa shape index (κ1) is 14.5. The number of ether oxygens (including phenoxy) is 1. The van der Waals surface area contributed by atoms with Crippen molar-refractivity contribution >= 4 is 11.6 Å². The molecule has 1 aliphatic heterocycles. The molecule has 1 aliphatic rings. The minimum absolute atomic E-state index is 0.0184. The maximum absolute atomic E-state index is 6.06. The molecule has 3 rings (SSSR count). The van der Waals surface area contributed by atoms with Crippen molar-refractivity contribution in [2.45, 2.75) is 25.0 Å². The van der Waals surface area contributed by atoms with E-state index < -0.39 is 0 Å². The smallest absolute Gasteiger partial charge is 0.0997 e. The maximum Gasteiger partial charge on any atom is 0.0997 e. The summed E-state index contributed by atoms with van der Waals surface area (Å²) < 4.78 is 5.98. The van der Waals surface area contributed by atoms with Crippen LogP contribution in [0.5, 0.6) is 0 Å². The Bertz CT molecular complexity index is 617. The van der Waals surface area contributed by atoms with Crippen LogP contribution in [0, 0.1) is 0 Å². The Kier molecular flexibility index (Phi) is 4.56. The summed E-state index contributed by atoms with van der Waals surface area (Å²) in [5.41, 5.74) is 6.64. The number of nitrogens with one attached hydrogen (secondary N) is 1. The number of hydrogen-bond acceptors (Lipinski definition) is 3. The minimum Gasteiger partial charge on any atom is -0.371 e. The molecule has 1 heterocycles. The predicted octanol–water partition coefficient (Wildman–Crippen LogP) is 3.03. The molecule has 2 unspecified atom stereocenters. The average Bonchev–Trinajstić information content (AvgIpc) is 2.52. The summed E-state index contributed by atoms with van der Waals surface area (Å²) in [4.78, 5) is 0. The summed E-state index contributed by atoms with van der Waals surface area (Å²) in [5.74, 6) is 5.78. The first-order valence-corrected chi connectivity index (χ1v) is 7.55. The molecule has 0 spiro atoms. The molecule has 0 aliphatic carbocycles. The van der Waals surface area contributed by atoms with Gasteiger partial charge in [0.2, 0.25) is 0 Å². The highest BCUT2D eigenvalue weighted by Gasteiger charge is 2.28. The first-order chi connectivity index (χ1) is 10.3. The van der Waals surface area contributed by atoms with E-state index in [9.17, 15) is 0 Å². The SMILES string of the molecule is NNC(Cc1cccc(Cl)c1)C1OCCc2ccccc21. The zero-order valence-electron chi connectivity index (χ0n) is 11.8.